The van der Waals surface area contributed by atoms with Crippen molar-refractivity contribution >= 4 is 17.3 Å². The Kier molecular flexibility index (Phi) is 5.88. The summed E-state index contributed by atoms with van der Waals surface area (Å²) < 4.78 is 6.01. The van der Waals surface area contributed by atoms with Crippen LogP contribution in [0.4, 0.5) is 11.4 Å². The molecular formula is C20H17N3O6. The van der Waals surface area contributed by atoms with Gasteiger partial charge in [0.15, 0.2) is 0 Å². The summed E-state index contributed by atoms with van der Waals surface area (Å²) in [5, 5.41) is 13.3. The minimum atomic E-state index is -0.625. The van der Waals surface area contributed by atoms with Crippen LogP contribution in [0, 0.1) is 10.1 Å². The van der Waals surface area contributed by atoms with E-state index in [1.54, 1.807) is 24.3 Å². The number of non-ortho nitro benzene ring substituents is 1. The molecule has 0 aliphatic carbocycles. The summed E-state index contributed by atoms with van der Waals surface area (Å²) in [7, 11) is 1.54. The quantitative estimate of drug-likeness (QED) is 0.486. The fourth-order valence-electron chi connectivity index (χ4n) is 2.48. The van der Waals surface area contributed by atoms with Gasteiger partial charge in [-0.15, -0.1) is 0 Å². The van der Waals surface area contributed by atoms with Crippen LogP contribution in [-0.4, -0.2) is 22.7 Å². The lowest BCUT2D eigenvalue weighted by atomic mass is 10.2. The molecule has 9 nitrogen and oxygen atoms in total. The number of benzene rings is 2. The number of methoxy groups -OCH3 is 1. The number of ether oxygens (including phenoxy) is 1. The first-order valence-corrected chi connectivity index (χ1v) is 8.51. The molecule has 0 spiro atoms. The topological polar surface area (TPSA) is 113 Å². The number of nitro groups is 1. The molecule has 0 saturated carbocycles. The first-order chi connectivity index (χ1) is 14.0. The molecule has 0 atom stereocenters. The largest absolute Gasteiger partial charge is 0.497 e. The summed E-state index contributed by atoms with van der Waals surface area (Å²) in [4.78, 5) is 40.6. The lowest BCUT2D eigenvalue weighted by Gasteiger charge is -2.10. The Morgan fingerprint density at radius 1 is 1.10 bits per heavy atom. The van der Waals surface area contributed by atoms with Crippen LogP contribution in [0.5, 0.6) is 5.75 Å². The molecule has 0 radical (unpaired) electrons. The molecule has 1 N–H and O–H groups in total. The molecule has 9 heteroatoms. The molecule has 148 valence electrons. The number of nitrogens with one attached hydrogen (secondary N) is 1. The summed E-state index contributed by atoms with van der Waals surface area (Å²) >= 11 is 0. The molecule has 3 rings (SSSR count). The minimum Gasteiger partial charge on any atom is -0.497 e. The fraction of sp³-hybridized carbons (Fsp3) is 0.100. The Bertz CT molecular complexity index is 1070. The Morgan fingerprint density at radius 2 is 1.79 bits per heavy atom. The van der Waals surface area contributed by atoms with Crippen molar-refractivity contribution < 1.29 is 19.3 Å². The van der Waals surface area contributed by atoms with Gasteiger partial charge in [-0.2, -0.15) is 4.73 Å². The van der Waals surface area contributed by atoms with Gasteiger partial charge in [0.1, 0.15) is 17.9 Å². The zero-order valence-corrected chi connectivity index (χ0v) is 15.4. The Balaban J connectivity index is 1.70. The number of rotatable bonds is 7. The monoisotopic (exact) mass is 395 g/mol. The molecule has 2 aromatic carbocycles. The van der Waals surface area contributed by atoms with Gasteiger partial charge in [-0.1, -0.05) is 0 Å². The average molecular weight is 395 g/mol. The van der Waals surface area contributed by atoms with Crippen LogP contribution >= 0.6 is 0 Å². The molecule has 0 aliphatic heterocycles. The number of amides is 1. The first-order valence-electron chi connectivity index (χ1n) is 8.51. The zero-order valence-electron chi connectivity index (χ0n) is 15.4. The van der Waals surface area contributed by atoms with Gasteiger partial charge in [0.2, 0.25) is 0 Å². The number of nitrogens with zero attached hydrogens (tertiary/aromatic N) is 2. The Labute approximate surface area is 165 Å². The van der Waals surface area contributed by atoms with Crippen molar-refractivity contribution in [3.63, 3.8) is 0 Å². The minimum absolute atomic E-state index is 0.00144. The first kappa shape index (κ1) is 19.6. The van der Waals surface area contributed by atoms with Gasteiger partial charge >= 0.3 is 0 Å². The predicted octanol–water partition coefficient (Wildman–Crippen LogP) is 2.65. The molecule has 1 heterocycles. The van der Waals surface area contributed by atoms with Gasteiger partial charge in [0.25, 0.3) is 17.2 Å². The van der Waals surface area contributed by atoms with E-state index in [4.69, 9.17) is 9.57 Å². The molecule has 1 amide bonds. The molecule has 29 heavy (non-hydrogen) atoms. The van der Waals surface area contributed by atoms with Gasteiger partial charge in [-0.3, -0.25) is 19.7 Å². The predicted molar refractivity (Wildman–Crippen MR) is 105 cm³/mol. The maximum Gasteiger partial charge on any atom is 0.295 e. The zero-order chi connectivity index (χ0) is 20.8. The highest BCUT2D eigenvalue weighted by atomic mass is 16.7. The van der Waals surface area contributed by atoms with Gasteiger partial charge in [0, 0.05) is 24.0 Å². The average Bonchev–Trinajstić information content (AvgIpc) is 2.73. The number of hydrogen-bond acceptors (Lipinski definition) is 6. The van der Waals surface area contributed by atoms with Crippen LogP contribution in [0.25, 0.3) is 0 Å². The lowest BCUT2D eigenvalue weighted by molar-refractivity contribution is -0.384. The van der Waals surface area contributed by atoms with E-state index in [1.165, 1.54) is 49.7 Å². The van der Waals surface area contributed by atoms with Crippen molar-refractivity contribution in [3.8, 4) is 5.75 Å². The fourth-order valence-corrected chi connectivity index (χ4v) is 2.48. The third-order valence-electron chi connectivity index (χ3n) is 4.02. The molecule has 0 aliphatic rings. The normalized spacial score (nSPS) is 10.2. The van der Waals surface area contributed by atoms with Crippen LogP contribution in [0.2, 0.25) is 0 Å². The van der Waals surface area contributed by atoms with E-state index in [0.29, 0.717) is 17.0 Å². The van der Waals surface area contributed by atoms with Crippen molar-refractivity contribution in [1.82, 2.24) is 4.73 Å². The number of nitro benzene ring substituents is 1. The van der Waals surface area contributed by atoms with E-state index >= 15 is 0 Å². The van der Waals surface area contributed by atoms with Gasteiger partial charge in [0.05, 0.1) is 12.0 Å². The van der Waals surface area contributed by atoms with Crippen LogP contribution in [0.3, 0.4) is 0 Å². The number of carbonyl (C=O) groups is 1. The number of aromatic nitrogens is 1. The number of hydrogen-bond donors (Lipinski definition) is 1. The van der Waals surface area contributed by atoms with E-state index < -0.39 is 16.4 Å². The Hall–Kier alpha value is -4.14. The highest BCUT2D eigenvalue weighted by Gasteiger charge is 2.13. The highest BCUT2D eigenvalue weighted by molar-refractivity contribution is 6.03. The third kappa shape index (κ3) is 4.78. The Morgan fingerprint density at radius 3 is 2.41 bits per heavy atom. The second-order valence-corrected chi connectivity index (χ2v) is 5.93. The number of pyridine rings is 1. The molecule has 0 bridgehead atoms. The maximum atomic E-state index is 12.5. The maximum absolute atomic E-state index is 12.5. The van der Waals surface area contributed by atoms with Crippen LogP contribution in [-0.2, 0) is 6.61 Å². The summed E-state index contributed by atoms with van der Waals surface area (Å²) in [6, 6.07) is 15.4. The lowest BCUT2D eigenvalue weighted by Crippen LogP contribution is -2.32. The molecular weight excluding hydrogens is 378 g/mol. The number of anilines is 1. The standard InChI is InChI=1S/C20H17N3O6/c1-28-17-10-6-15(7-11-17)21-19(24)18-3-2-12-22(20(18)25)29-13-14-4-8-16(9-5-14)23(26)27/h2-12H,13H2,1H3,(H,21,24). The van der Waals surface area contributed by atoms with Gasteiger partial charge in [-0.25, -0.2) is 0 Å². The molecule has 0 saturated heterocycles. The third-order valence-corrected chi connectivity index (χ3v) is 4.02. The summed E-state index contributed by atoms with van der Waals surface area (Å²) in [5.41, 5.74) is 0.392. The number of carbonyl (C=O) groups excluding carboxylic acids is 1. The molecule has 1 aromatic heterocycles. The van der Waals surface area contributed by atoms with Crippen molar-refractivity contribution in [2.75, 3.05) is 12.4 Å². The van der Waals surface area contributed by atoms with Crippen molar-refractivity contribution in [2.45, 2.75) is 6.61 Å². The van der Waals surface area contributed by atoms with E-state index in [2.05, 4.69) is 5.32 Å². The van der Waals surface area contributed by atoms with Crippen LogP contribution < -0.4 is 20.5 Å². The molecule has 3 aromatic rings. The van der Waals surface area contributed by atoms with E-state index in [9.17, 15) is 19.7 Å². The summed E-state index contributed by atoms with van der Waals surface area (Å²) in [5.74, 6) is 0.0677. The smallest absolute Gasteiger partial charge is 0.295 e. The SMILES string of the molecule is COc1ccc(NC(=O)c2cccn(OCc3ccc([N+](=O)[O-])cc3)c2=O)cc1. The molecule has 0 unspecified atom stereocenters. The van der Waals surface area contributed by atoms with Crippen molar-refractivity contribution in [1.29, 1.82) is 0 Å². The summed E-state index contributed by atoms with van der Waals surface area (Å²) in [6.45, 7) is 0.00144. The van der Waals surface area contributed by atoms with Crippen molar-refractivity contribution in [3.05, 3.63) is 98.5 Å². The van der Waals surface area contributed by atoms with E-state index in [1.807, 2.05) is 0 Å². The van der Waals surface area contributed by atoms with Gasteiger partial charge in [-0.05, 0) is 54.1 Å². The molecule has 0 fully saturated rings. The summed E-state index contributed by atoms with van der Waals surface area (Å²) in [6.07, 6.45) is 1.39. The van der Waals surface area contributed by atoms with Gasteiger partial charge < -0.3 is 14.9 Å². The van der Waals surface area contributed by atoms with Crippen LogP contribution in [0.1, 0.15) is 15.9 Å². The highest BCUT2D eigenvalue weighted by Crippen LogP contribution is 2.15. The van der Waals surface area contributed by atoms with Crippen LogP contribution in [0.15, 0.2) is 71.7 Å². The second-order valence-electron chi connectivity index (χ2n) is 5.93. The van der Waals surface area contributed by atoms with E-state index in [-0.39, 0.29) is 17.9 Å². The van der Waals surface area contributed by atoms with Crippen molar-refractivity contribution in [2.24, 2.45) is 0 Å². The second kappa shape index (κ2) is 8.70. The van der Waals surface area contributed by atoms with E-state index in [0.717, 1.165) is 4.73 Å².